The van der Waals surface area contributed by atoms with E-state index >= 15 is 0 Å². The maximum absolute atomic E-state index is 6.80. The minimum absolute atomic E-state index is 0.225. The zero-order valence-electron chi connectivity index (χ0n) is 24.9. The molecule has 46 heavy (non-hydrogen) atoms. The van der Waals surface area contributed by atoms with Crippen molar-refractivity contribution in [3.05, 3.63) is 158 Å². The number of hydrogen-bond donors (Lipinski definition) is 0. The average molecular weight is 587 g/mol. The third-order valence-corrected chi connectivity index (χ3v) is 9.48. The van der Waals surface area contributed by atoms with Gasteiger partial charge in [-0.3, -0.25) is 0 Å². The molecule has 0 unspecified atom stereocenters. The van der Waals surface area contributed by atoms with E-state index in [1.54, 1.807) is 0 Å². The van der Waals surface area contributed by atoms with Crippen molar-refractivity contribution in [3.8, 4) is 56.3 Å². The molecule has 0 fully saturated rings. The summed E-state index contributed by atoms with van der Waals surface area (Å²) < 4.78 is 15.7. The molecule has 7 aromatic carbocycles. The Morgan fingerprint density at radius 3 is 1.93 bits per heavy atom. The fourth-order valence-electron chi connectivity index (χ4n) is 7.36. The molecule has 214 valence electrons. The summed E-state index contributed by atoms with van der Waals surface area (Å²) in [4.78, 5) is 0. The van der Waals surface area contributed by atoms with Crippen molar-refractivity contribution in [1.29, 1.82) is 0 Å². The number of hydrogen-bond acceptors (Lipinski definition) is 2. The third kappa shape index (κ3) is 3.74. The van der Waals surface area contributed by atoms with Crippen LogP contribution in [-0.4, -0.2) is 11.5 Å². The molecule has 0 saturated heterocycles. The Morgan fingerprint density at radius 1 is 0.435 bits per heavy atom. The first kappa shape index (κ1) is 25.3. The maximum Gasteiger partial charge on any atom is 0.434 e. The lowest BCUT2D eigenvalue weighted by Gasteiger charge is -2.33. The summed E-state index contributed by atoms with van der Waals surface area (Å²) in [5.41, 5.74) is 12.5. The third-order valence-electron chi connectivity index (χ3n) is 9.48. The zero-order valence-corrected chi connectivity index (χ0v) is 24.9. The number of benzene rings is 7. The van der Waals surface area contributed by atoms with E-state index in [4.69, 9.17) is 9.39 Å². The highest BCUT2D eigenvalue weighted by atomic mass is 16.5. The lowest BCUT2D eigenvalue weighted by atomic mass is 9.51. The van der Waals surface area contributed by atoms with E-state index in [9.17, 15) is 0 Å². The van der Waals surface area contributed by atoms with Gasteiger partial charge in [-0.2, -0.15) is 0 Å². The molecule has 3 nitrogen and oxygen atoms in total. The molecular formula is C42H26BNO2. The Balaban J connectivity index is 1.07. The minimum atomic E-state index is -0.225. The summed E-state index contributed by atoms with van der Waals surface area (Å²) in [6, 6.07) is 55.9. The summed E-state index contributed by atoms with van der Waals surface area (Å²) in [5, 5.41) is 2.52. The molecule has 0 radical (unpaired) electrons. The van der Waals surface area contributed by atoms with Crippen LogP contribution in [0.2, 0.25) is 0 Å². The summed E-state index contributed by atoms with van der Waals surface area (Å²) >= 11 is 0. The van der Waals surface area contributed by atoms with E-state index in [2.05, 4.69) is 156 Å². The second-order valence-electron chi connectivity index (χ2n) is 12.1. The van der Waals surface area contributed by atoms with Gasteiger partial charge in [0, 0.05) is 32.9 Å². The van der Waals surface area contributed by atoms with Crippen molar-refractivity contribution in [3.63, 3.8) is 0 Å². The topological polar surface area (TPSA) is 23.4 Å². The molecule has 2 aliphatic heterocycles. The highest BCUT2D eigenvalue weighted by Crippen LogP contribution is 2.42. The van der Waals surface area contributed by atoms with Crippen LogP contribution in [0, 0.1) is 0 Å². The molecule has 8 aromatic rings. The first-order valence-corrected chi connectivity index (χ1v) is 15.7. The summed E-state index contributed by atoms with van der Waals surface area (Å²) in [7, 11) is 0. The van der Waals surface area contributed by atoms with E-state index in [0.717, 1.165) is 67.2 Å². The molecular weight excluding hydrogens is 561 g/mol. The molecule has 1 aromatic heterocycles. The predicted molar refractivity (Wildman–Crippen MR) is 189 cm³/mol. The molecule has 10 rings (SSSR count). The molecule has 0 N–H and O–H groups in total. The SMILES string of the molecule is c1ccc(-c2ccc3c(c2)Oc2cccc4c2B3Oc2ccc(-c3cccc(-n5c6ccccc6c6ccccc65)c3)cc2-4)cc1. The van der Waals surface area contributed by atoms with Crippen LogP contribution < -0.4 is 20.3 Å². The average Bonchev–Trinajstić information content (AvgIpc) is 3.46. The van der Waals surface area contributed by atoms with Crippen LogP contribution in [0.1, 0.15) is 0 Å². The van der Waals surface area contributed by atoms with Gasteiger partial charge < -0.3 is 14.0 Å². The van der Waals surface area contributed by atoms with E-state index in [1.807, 2.05) is 6.07 Å². The summed E-state index contributed by atoms with van der Waals surface area (Å²) in [5.74, 6) is 2.58. The molecule has 3 heterocycles. The minimum Gasteiger partial charge on any atom is -0.551 e. The van der Waals surface area contributed by atoms with Crippen molar-refractivity contribution in [2.45, 2.75) is 0 Å². The fraction of sp³-hybridized carbons (Fsp3) is 0. The second-order valence-corrected chi connectivity index (χ2v) is 12.1. The van der Waals surface area contributed by atoms with Crippen LogP contribution in [0.3, 0.4) is 0 Å². The van der Waals surface area contributed by atoms with Crippen molar-refractivity contribution in [2.24, 2.45) is 0 Å². The first-order valence-electron chi connectivity index (χ1n) is 15.7. The number of para-hydroxylation sites is 2. The Morgan fingerprint density at radius 2 is 1.11 bits per heavy atom. The van der Waals surface area contributed by atoms with Crippen LogP contribution in [-0.2, 0) is 0 Å². The Kier molecular flexibility index (Phi) is 5.37. The number of fused-ring (bicyclic) bond motifs is 7. The summed E-state index contributed by atoms with van der Waals surface area (Å²) in [6.07, 6.45) is 0. The van der Waals surface area contributed by atoms with Crippen LogP contribution in [0.15, 0.2) is 158 Å². The van der Waals surface area contributed by atoms with Gasteiger partial charge in [0.1, 0.15) is 17.2 Å². The fourth-order valence-corrected chi connectivity index (χ4v) is 7.36. The monoisotopic (exact) mass is 587 g/mol. The van der Waals surface area contributed by atoms with E-state index in [1.165, 1.54) is 21.8 Å². The summed E-state index contributed by atoms with van der Waals surface area (Å²) in [6.45, 7) is -0.225. The number of aromatic nitrogens is 1. The molecule has 0 atom stereocenters. The lowest BCUT2D eigenvalue weighted by Crippen LogP contribution is -2.53. The van der Waals surface area contributed by atoms with E-state index in [0.29, 0.717) is 0 Å². The van der Waals surface area contributed by atoms with Gasteiger partial charge in [-0.25, -0.2) is 0 Å². The Hall–Kier alpha value is -6.00. The van der Waals surface area contributed by atoms with E-state index < -0.39 is 0 Å². The second kappa shape index (κ2) is 9.75. The largest absolute Gasteiger partial charge is 0.551 e. The van der Waals surface area contributed by atoms with Crippen molar-refractivity contribution < 1.29 is 9.39 Å². The van der Waals surface area contributed by atoms with Crippen LogP contribution in [0.25, 0.3) is 60.9 Å². The molecule has 2 aliphatic rings. The van der Waals surface area contributed by atoms with Crippen LogP contribution in [0.5, 0.6) is 17.2 Å². The van der Waals surface area contributed by atoms with Gasteiger partial charge in [0.05, 0.1) is 11.0 Å². The predicted octanol–water partition coefficient (Wildman–Crippen LogP) is 9.39. The zero-order chi connectivity index (χ0) is 30.2. The van der Waals surface area contributed by atoms with Gasteiger partial charge in [0.15, 0.2) is 0 Å². The maximum atomic E-state index is 6.80. The van der Waals surface area contributed by atoms with Crippen molar-refractivity contribution in [2.75, 3.05) is 0 Å². The number of nitrogens with zero attached hydrogens (tertiary/aromatic N) is 1. The van der Waals surface area contributed by atoms with Crippen LogP contribution >= 0.6 is 0 Å². The molecule has 0 bridgehead atoms. The molecule has 4 heteroatoms. The molecule has 0 saturated carbocycles. The quantitative estimate of drug-likeness (QED) is 0.192. The van der Waals surface area contributed by atoms with E-state index in [-0.39, 0.29) is 6.92 Å². The van der Waals surface area contributed by atoms with Gasteiger partial charge in [0.25, 0.3) is 0 Å². The normalized spacial score (nSPS) is 12.7. The first-order chi connectivity index (χ1) is 22.8. The smallest absolute Gasteiger partial charge is 0.434 e. The van der Waals surface area contributed by atoms with Gasteiger partial charge in [0.2, 0.25) is 0 Å². The van der Waals surface area contributed by atoms with Crippen molar-refractivity contribution >= 4 is 39.6 Å². The Bertz CT molecular complexity index is 2440. The molecule has 0 spiro atoms. The number of rotatable bonds is 3. The van der Waals surface area contributed by atoms with Gasteiger partial charge in [-0.05, 0) is 76.3 Å². The van der Waals surface area contributed by atoms with Crippen LogP contribution in [0.4, 0.5) is 0 Å². The van der Waals surface area contributed by atoms with Gasteiger partial charge in [-0.15, -0.1) is 0 Å². The van der Waals surface area contributed by atoms with Gasteiger partial charge in [-0.1, -0.05) is 109 Å². The Labute approximate surface area is 267 Å². The van der Waals surface area contributed by atoms with Gasteiger partial charge >= 0.3 is 6.92 Å². The standard InChI is InChI=1S/C42H26BNO2/c1-2-10-27(11-3-1)30-20-22-36-41(26-30)45-40-19-9-16-34-35-25-29(21-23-39(35)46-43(36)42(34)40)28-12-8-13-31(24-28)44-37-17-6-4-14-32(37)33-15-5-7-18-38(33)44/h1-26H. The number of ether oxygens (including phenoxy) is 1. The molecule has 0 aliphatic carbocycles. The van der Waals surface area contributed by atoms with Crippen molar-refractivity contribution in [1.82, 2.24) is 4.57 Å². The highest BCUT2D eigenvalue weighted by Gasteiger charge is 2.40. The lowest BCUT2D eigenvalue weighted by molar-refractivity contribution is 0.479. The molecule has 0 amide bonds. The highest BCUT2D eigenvalue weighted by molar-refractivity contribution is 6.84.